The highest BCUT2D eigenvalue weighted by Gasteiger charge is 2.21. The van der Waals surface area contributed by atoms with E-state index in [0.29, 0.717) is 18.0 Å². The van der Waals surface area contributed by atoms with Gasteiger partial charge in [-0.25, -0.2) is 4.79 Å². The Balaban J connectivity index is 1.82. The van der Waals surface area contributed by atoms with Crippen LogP contribution >= 0.6 is 0 Å². The molecule has 0 radical (unpaired) electrons. The minimum atomic E-state index is -0.728. The Kier molecular flexibility index (Phi) is 6.82. The molecule has 0 aliphatic rings. The van der Waals surface area contributed by atoms with Crippen molar-refractivity contribution < 1.29 is 19.1 Å². The number of amides is 2. The lowest BCUT2D eigenvalue weighted by Crippen LogP contribution is -2.43. The number of carbonyl (C=O) groups excluding carboxylic acids is 2. The van der Waals surface area contributed by atoms with Crippen LogP contribution in [0.5, 0.6) is 5.75 Å². The molecule has 0 bridgehead atoms. The Labute approximate surface area is 159 Å². The molecule has 1 atom stereocenters. The first kappa shape index (κ1) is 20.3. The highest BCUT2D eigenvalue weighted by Crippen LogP contribution is 2.17. The minimum Gasteiger partial charge on any atom is -0.489 e. The van der Waals surface area contributed by atoms with E-state index >= 15 is 0 Å². The van der Waals surface area contributed by atoms with Crippen LogP contribution in [0.25, 0.3) is 0 Å². The number of benzene rings is 2. The largest absolute Gasteiger partial charge is 0.489 e. The molecular formula is C21H26N2O4. The van der Waals surface area contributed by atoms with Crippen molar-refractivity contribution in [2.24, 2.45) is 0 Å². The summed E-state index contributed by atoms with van der Waals surface area (Å²) in [5.74, 6) is 0.371. The van der Waals surface area contributed by atoms with Crippen molar-refractivity contribution in [1.82, 2.24) is 5.32 Å². The summed E-state index contributed by atoms with van der Waals surface area (Å²) in [6, 6.07) is 16.2. The third-order valence-corrected chi connectivity index (χ3v) is 3.50. The summed E-state index contributed by atoms with van der Waals surface area (Å²) in [4.78, 5) is 23.9. The monoisotopic (exact) mass is 370 g/mol. The Morgan fingerprint density at radius 3 is 2.22 bits per heavy atom. The number of hydrogen-bond acceptors (Lipinski definition) is 4. The first-order valence-corrected chi connectivity index (χ1v) is 8.80. The Hall–Kier alpha value is -3.02. The van der Waals surface area contributed by atoms with Crippen molar-refractivity contribution in [3.05, 3.63) is 60.2 Å². The van der Waals surface area contributed by atoms with Crippen molar-refractivity contribution in [1.29, 1.82) is 0 Å². The van der Waals surface area contributed by atoms with Gasteiger partial charge in [0.05, 0.1) is 0 Å². The second kappa shape index (κ2) is 9.07. The topological polar surface area (TPSA) is 76.7 Å². The molecule has 2 rings (SSSR count). The van der Waals surface area contributed by atoms with Gasteiger partial charge in [-0.2, -0.15) is 0 Å². The molecule has 0 saturated carbocycles. The number of carbonyl (C=O) groups is 2. The molecule has 144 valence electrons. The molecular weight excluding hydrogens is 344 g/mol. The predicted molar refractivity (Wildman–Crippen MR) is 105 cm³/mol. The molecule has 6 heteroatoms. The maximum atomic E-state index is 12.2. The first-order chi connectivity index (χ1) is 12.7. The van der Waals surface area contributed by atoms with E-state index < -0.39 is 17.7 Å². The third kappa shape index (κ3) is 7.40. The molecule has 0 saturated heterocycles. The van der Waals surface area contributed by atoms with Crippen molar-refractivity contribution >= 4 is 17.7 Å². The maximum Gasteiger partial charge on any atom is 0.408 e. The highest BCUT2D eigenvalue weighted by atomic mass is 16.6. The van der Waals surface area contributed by atoms with Gasteiger partial charge >= 0.3 is 6.09 Å². The van der Waals surface area contributed by atoms with Gasteiger partial charge in [0.15, 0.2) is 0 Å². The molecule has 6 nitrogen and oxygen atoms in total. The molecule has 2 N–H and O–H groups in total. The quantitative estimate of drug-likeness (QED) is 0.802. The van der Waals surface area contributed by atoms with Gasteiger partial charge < -0.3 is 20.1 Å². The van der Waals surface area contributed by atoms with Gasteiger partial charge in [0, 0.05) is 5.69 Å². The van der Waals surface area contributed by atoms with Crippen molar-refractivity contribution in [2.45, 2.75) is 45.9 Å². The van der Waals surface area contributed by atoms with Crippen LogP contribution in [0, 0.1) is 0 Å². The van der Waals surface area contributed by atoms with Crippen LogP contribution < -0.4 is 15.4 Å². The zero-order chi connectivity index (χ0) is 19.9. The molecule has 0 fully saturated rings. The Bertz CT molecular complexity index is 752. The summed E-state index contributed by atoms with van der Waals surface area (Å²) < 4.78 is 10.9. The van der Waals surface area contributed by atoms with Gasteiger partial charge in [-0.3, -0.25) is 4.79 Å². The summed E-state index contributed by atoms with van der Waals surface area (Å²) in [6.45, 7) is 7.36. The summed E-state index contributed by atoms with van der Waals surface area (Å²) in [7, 11) is 0. The van der Waals surface area contributed by atoms with Gasteiger partial charge in [-0.15, -0.1) is 0 Å². The Morgan fingerprint density at radius 1 is 1.00 bits per heavy atom. The summed E-state index contributed by atoms with van der Waals surface area (Å²) in [6.07, 6.45) is -0.630. The zero-order valence-electron chi connectivity index (χ0n) is 16.1. The van der Waals surface area contributed by atoms with E-state index in [-0.39, 0.29) is 5.91 Å². The third-order valence-electron chi connectivity index (χ3n) is 3.50. The van der Waals surface area contributed by atoms with Gasteiger partial charge in [0.25, 0.3) is 0 Å². The van der Waals surface area contributed by atoms with Gasteiger partial charge in [-0.1, -0.05) is 30.3 Å². The smallest absolute Gasteiger partial charge is 0.408 e. The van der Waals surface area contributed by atoms with E-state index in [0.717, 1.165) is 5.56 Å². The van der Waals surface area contributed by atoms with E-state index in [9.17, 15) is 9.59 Å². The SMILES string of the molecule is CC(NC(=O)OC(C)(C)C)C(=O)Nc1ccc(OCc2ccccc2)cc1. The van der Waals surface area contributed by atoms with Crippen LogP contribution in [-0.2, 0) is 16.1 Å². The van der Waals surface area contributed by atoms with Crippen LogP contribution in [-0.4, -0.2) is 23.6 Å². The van der Waals surface area contributed by atoms with Crippen LogP contribution in [0.4, 0.5) is 10.5 Å². The molecule has 2 amide bonds. The molecule has 0 aromatic heterocycles. The first-order valence-electron chi connectivity index (χ1n) is 8.80. The second-order valence-electron chi connectivity index (χ2n) is 7.16. The van der Waals surface area contributed by atoms with Crippen LogP contribution in [0.15, 0.2) is 54.6 Å². The molecule has 0 aliphatic heterocycles. The summed E-state index contributed by atoms with van der Waals surface area (Å²) >= 11 is 0. The number of anilines is 1. The lowest BCUT2D eigenvalue weighted by Gasteiger charge is -2.21. The van der Waals surface area contributed by atoms with Crippen LogP contribution in [0.1, 0.15) is 33.3 Å². The summed E-state index contributed by atoms with van der Waals surface area (Å²) in [5, 5.41) is 5.25. The van der Waals surface area contributed by atoms with Crippen LogP contribution in [0.2, 0.25) is 0 Å². The van der Waals surface area contributed by atoms with E-state index in [1.165, 1.54) is 0 Å². The van der Waals surface area contributed by atoms with E-state index in [1.807, 2.05) is 30.3 Å². The lowest BCUT2D eigenvalue weighted by molar-refractivity contribution is -0.117. The molecule has 2 aromatic rings. The van der Waals surface area contributed by atoms with Gasteiger partial charge in [-0.05, 0) is 57.5 Å². The van der Waals surface area contributed by atoms with Crippen molar-refractivity contribution in [3.8, 4) is 5.75 Å². The van der Waals surface area contributed by atoms with E-state index in [2.05, 4.69) is 10.6 Å². The highest BCUT2D eigenvalue weighted by molar-refractivity contribution is 5.96. The van der Waals surface area contributed by atoms with E-state index in [1.54, 1.807) is 52.0 Å². The predicted octanol–water partition coefficient (Wildman–Crippen LogP) is 4.12. The molecule has 2 aromatic carbocycles. The molecule has 27 heavy (non-hydrogen) atoms. The van der Waals surface area contributed by atoms with Gasteiger partial charge in [0.2, 0.25) is 5.91 Å². The number of nitrogens with one attached hydrogen (secondary N) is 2. The number of ether oxygens (including phenoxy) is 2. The molecule has 0 aliphatic carbocycles. The fraction of sp³-hybridized carbons (Fsp3) is 0.333. The van der Waals surface area contributed by atoms with Crippen molar-refractivity contribution in [3.63, 3.8) is 0 Å². The standard InChI is InChI=1S/C21H26N2O4/c1-15(22-20(25)27-21(2,3)4)19(24)23-17-10-12-18(13-11-17)26-14-16-8-6-5-7-9-16/h5-13,15H,14H2,1-4H3,(H,22,25)(H,23,24). The van der Waals surface area contributed by atoms with Crippen LogP contribution in [0.3, 0.4) is 0 Å². The van der Waals surface area contributed by atoms with Gasteiger partial charge in [0.1, 0.15) is 24.0 Å². The minimum absolute atomic E-state index is 0.334. The normalized spacial score (nSPS) is 12.0. The second-order valence-corrected chi connectivity index (χ2v) is 7.16. The molecule has 0 spiro atoms. The average molecular weight is 370 g/mol. The fourth-order valence-electron chi connectivity index (χ4n) is 2.18. The lowest BCUT2D eigenvalue weighted by atomic mass is 10.2. The number of alkyl carbamates (subject to hydrolysis) is 1. The zero-order valence-corrected chi connectivity index (χ0v) is 16.1. The Morgan fingerprint density at radius 2 is 1.63 bits per heavy atom. The molecule has 1 unspecified atom stereocenters. The van der Waals surface area contributed by atoms with E-state index in [4.69, 9.17) is 9.47 Å². The number of hydrogen-bond donors (Lipinski definition) is 2. The average Bonchev–Trinajstić information content (AvgIpc) is 2.60. The fourth-order valence-corrected chi connectivity index (χ4v) is 2.18. The van der Waals surface area contributed by atoms with Crippen molar-refractivity contribution in [2.75, 3.05) is 5.32 Å². The maximum absolute atomic E-state index is 12.2. The molecule has 0 heterocycles. The number of rotatable bonds is 6. The summed E-state index contributed by atoms with van der Waals surface area (Å²) in [5.41, 5.74) is 1.08.